The first kappa shape index (κ1) is 28.1. The predicted molar refractivity (Wildman–Crippen MR) is 144 cm³/mol. The summed E-state index contributed by atoms with van der Waals surface area (Å²) < 4.78 is 11.7. The van der Waals surface area contributed by atoms with Gasteiger partial charge in [0.15, 0.2) is 11.6 Å². The second-order valence-corrected chi connectivity index (χ2v) is 9.65. The van der Waals surface area contributed by atoms with E-state index >= 15 is 0 Å². The molecule has 1 heterocycles. The number of rotatable bonds is 20. The summed E-state index contributed by atoms with van der Waals surface area (Å²) in [6, 6.07) is 8.06. The van der Waals surface area contributed by atoms with Crippen LogP contribution in [0.5, 0.6) is 11.5 Å². The summed E-state index contributed by atoms with van der Waals surface area (Å²) in [4.78, 5) is 8.97. The zero-order valence-electron chi connectivity index (χ0n) is 22.1. The highest BCUT2D eigenvalue weighted by atomic mass is 16.5. The fraction of sp³-hybridized carbons (Fsp3) is 0.667. The molecule has 1 aromatic carbocycles. The van der Waals surface area contributed by atoms with Crippen molar-refractivity contribution in [3.63, 3.8) is 0 Å². The Morgan fingerprint density at radius 1 is 0.647 bits per heavy atom. The number of hydrogen-bond donors (Lipinski definition) is 0. The molecule has 0 fully saturated rings. The van der Waals surface area contributed by atoms with Crippen molar-refractivity contribution in [3.8, 4) is 22.9 Å². The fourth-order valence-corrected chi connectivity index (χ4v) is 4.01. The molecule has 0 saturated heterocycles. The Morgan fingerprint density at radius 2 is 1.18 bits per heavy atom. The average molecular weight is 469 g/mol. The number of ether oxygens (including phenoxy) is 2. The topological polar surface area (TPSA) is 44.2 Å². The van der Waals surface area contributed by atoms with Gasteiger partial charge >= 0.3 is 0 Å². The van der Waals surface area contributed by atoms with Gasteiger partial charge in [0, 0.05) is 5.56 Å². The molecule has 0 spiro atoms. The molecule has 0 amide bonds. The summed E-state index contributed by atoms with van der Waals surface area (Å²) in [6.45, 7) is 8.39. The van der Waals surface area contributed by atoms with Crippen LogP contribution in [0, 0.1) is 5.92 Å². The molecule has 2 rings (SSSR count). The summed E-state index contributed by atoms with van der Waals surface area (Å²) in [5.41, 5.74) is 0.992. The first-order valence-corrected chi connectivity index (χ1v) is 13.9. The van der Waals surface area contributed by atoms with E-state index in [0.29, 0.717) is 5.82 Å². The van der Waals surface area contributed by atoms with Crippen molar-refractivity contribution in [2.45, 2.75) is 111 Å². The Kier molecular flexibility index (Phi) is 15.1. The van der Waals surface area contributed by atoms with Crippen molar-refractivity contribution < 1.29 is 9.47 Å². The average Bonchev–Trinajstić information content (AvgIpc) is 2.88. The highest BCUT2D eigenvalue weighted by Gasteiger charge is 2.04. The quantitative estimate of drug-likeness (QED) is 0.182. The van der Waals surface area contributed by atoms with E-state index in [0.717, 1.165) is 49.0 Å². The van der Waals surface area contributed by atoms with Crippen molar-refractivity contribution in [2.75, 3.05) is 13.2 Å². The summed E-state index contributed by atoms with van der Waals surface area (Å²) >= 11 is 0. The Hall–Kier alpha value is -2.10. The van der Waals surface area contributed by atoms with Gasteiger partial charge in [-0.3, -0.25) is 0 Å². The molecule has 190 valence electrons. The second-order valence-electron chi connectivity index (χ2n) is 9.65. The molecular formula is C30H48N2O2. The largest absolute Gasteiger partial charge is 0.494 e. The smallest absolute Gasteiger partial charge is 0.159 e. The molecule has 0 aliphatic heterocycles. The molecule has 0 bridgehead atoms. The lowest BCUT2D eigenvalue weighted by Gasteiger charge is -2.09. The van der Waals surface area contributed by atoms with Gasteiger partial charge in [0.2, 0.25) is 0 Å². The summed E-state index contributed by atoms with van der Waals surface area (Å²) in [6.07, 6.45) is 21.7. The third-order valence-electron chi connectivity index (χ3n) is 6.56. The van der Waals surface area contributed by atoms with Crippen LogP contribution in [0.2, 0.25) is 0 Å². The van der Waals surface area contributed by atoms with Crippen molar-refractivity contribution in [2.24, 2.45) is 5.92 Å². The summed E-state index contributed by atoms with van der Waals surface area (Å²) in [7, 11) is 0. The molecule has 0 aliphatic rings. The minimum absolute atomic E-state index is 0.715. The molecular weight excluding hydrogens is 420 g/mol. The summed E-state index contributed by atoms with van der Waals surface area (Å²) in [5.74, 6) is 3.21. The monoisotopic (exact) mass is 468 g/mol. The third-order valence-corrected chi connectivity index (χ3v) is 6.56. The van der Waals surface area contributed by atoms with Gasteiger partial charge in [0.05, 0.1) is 25.6 Å². The minimum atomic E-state index is 0.715. The van der Waals surface area contributed by atoms with Crippen molar-refractivity contribution >= 4 is 0 Å². The second kappa shape index (κ2) is 18.3. The van der Waals surface area contributed by atoms with E-state index in [2.05, 4.69) is 30.7 Å². The molecule has 1 atom stereocenters. The third kappa shape index (κ3) is 12.4. The van der Waals surface area contributed by atoms with Gasteiger partial charge in [-0.05, 0) is 43.0 Å². The van der Waals surface area contributed by atoms with Gasteiger partial charge < -0.3 is 9.47 Å². The molecule has 0 aliphatic carbocycles. The molecule has 0 radical (unpaired) electrons. The maximum absolute atomic E-state index is 5.89. The number of benzene rings is 1. The lowest BCUT2D eigenvalue weighted by molar-refractivity contribution is 0.302. The zero-order valence-corrected chi connectivity index (χ0v) is 22.1. The minimum Gasteiger partial charge on any atom is -0.494 e. The summed E-state index contributed by atoms with van der Waals surface area (Å²) in [5, 5.41) is 0. The fourth-order valence-electron chi connectivity index (χ4n) is 4.01. The maximum Gasteiger partial charge on any atom is 0.159 e. The van der Waals surface area contributed by atoms with Crippen LogP contribution in [0.1, 0.15) is 111 Å². The highest BCUT2D eigenvalue weighted by Crippen LogP contribution is 2.21. The van der Waals surface area contributed by atoms with Crippen molar-refractivity contribution in [1.82, 2.24) is 9.97 Å². The van der Waals surface area contributed by atoms with E-state index in [1.165, 1.54) is 77.0 Å². The number of hydrogen-bond acceptors (Lipinski definition) is 4. The van der Waals surface area contributed by atoms with Gasteiger partial charge in [-0.25, -0.2) is 9.97 Å². The molecule has 4 heteroatoms. The van der Waals surface area contributed by atoms with Gasteiger partial charge in [-0.1, -0.05) is 97.8 Å². The van der Waals surface area contributed by atoms with Crippen LogP contribution < -0.4 is 9.47 Å². The first-order chi connectivity index (χ1) is 16.7. The molecule has 4 nitrogen and oxygen atoms in total. The number of unbranched alkanes of at least 4 members (excludes halogenated alkanes) is 10. The van der Waals surface area contributed by atoms with E-state index in [4.69, 9.17) is 9.47 Å². The Bertz CT molecular complexity index is 730. The van der Waals surface area contributed by atoms with Crippen LogP contribution in [0.4, 0.5) is 0 Å². The lowest BCUT2D eigenvalue weighted by Crippen LogP contribution is -1.99. The molecule has 0 saturated carbocycles. The zero-order chi connectivity index (χ0) is 24.3. The molecule has 0 N–H and O–H groups in total. The Morgan fingerprint density at radius 3 is 1.76 bits per heavy atom. The van der Waals surface area contributed by atoms with Gasteiger partial charge in [-0.2, -0.15) is 0 Å². The van der Waals surface area contributed by atoms with Crippen molar-refractivity contribution in [1.29, 1.82) is 0 Å². The van der Waals surface area contributed by atoms with E-state index < -0.39 is 0 Å². The van der Waals surface area contributed by atoms with Crippen LogP contribution in [-0.4, -0.2) is 23.2 Å². The molecule has 34 heavy (non-hydrogen) atoms. The number of nitrogens with zero attached hydrogens (tertiary/aromatic N) is 2. The molecule has 1 unspecified atom stereocenters. The maximum atomic E-state index is 5.89. The SMILES string of the molecule is CCCCCCCCCCCOc1cnc(-c2ccc(OCCCCCC(C)CC)cc2)nc1. The van der Waals surface area contributed by atoms with E-state index in [9.17, 15) is 0 Å². The van der Waals surface area contributed by atoms with Crippen molar-refractivity contribution in [3.05, 3.63) is 36.7 Å². The first-order valence-electron chi connectivity index (χ1n) is 13.9. The lowest BCUT2D eigenvalue weighted by atomic mass is 10.0. The predicted octanol–water partition coefficient (Wildman–Crippen LogP) is 9.04. The highest BCUT2D eigenvalue weighted by molar-refractivity contribution is 5.56. The van der Waals surface area contributed by atoms with Crippen LogP contribution in [-0.2, 0) is 0 Å². The molecule has 2 aromatic rings. The van der Waals surface area contributed by atoms with Gasteiger partial charge in [-0.15, -0.1) is 0 Å². The van der Waals surface area contributed by atoms with E-state index in [1.54, 1.807) is 12.4 Å². The normalized spacial score (nSPS) is 12.0. The number of aromatic nitrogens is 2. The van der Waals surface area contributed by atoms with E-state index in [-0.39, 0.29) is 0 Å². The van der Waals surface area contributed by atoms with E-state index in [1.807, 2.05) is 24.3 Å². The van der Waals surface area contributed by atoms with Crippen LogP contribution in [0.3, 0.4) is 0 Å². The van der Waals surface area contributed by atoms with Gasteiger partial charge in [0.1, 0.15) is 5.75 Å². The standard InChI is InChI=1S/C30H48N2O2/c1-4-6-7-8-9-10-11-12-15-23-34-29-24-31-30(32-25-29)27-18-20-28(21-19-27)33-22-16-13-14-17-26(3)5-2/h18-21,24-26H,4-17,22-23H2,1-3H3. The van der Waals surface area contributed by atoms with Crippen LogP contribution >= 0.6 is 0 Å². The Labute approximate surface area is 208 Å². The van der Waals surface area contributed by atoms with Crippen LogP contribution in [0.25, 0.3) is 11.4 Å². The molecule has 1 aromatic heterocycles. The van der Waals surface area contributed by atoms with Gasteiger partial charge in [0.25, 0.3) is 0 Å². The van der Waals surface area contributed by atoms with Crippen LogP contribution in [0.15, 0.2) is 36.7 Å². The Balaban J connectivity index is 1.58.